The first-order valence-electron chi connectivity index (χ1n) is 9.54. The molecule has 10 heteroatoms. The number of hydrogen-bond donors (Lipinski definition) is 2. The van der Waals surface area contributed by atoms with E-state index >= 15 is 0 Å². The Kier molecular flexibility index (Phi) is 6.83. The molecule has 2 heterocycles. The van der Waals surface area contributed by atoms with Crippen molar-refractivity contribution in [1.82, 2.24) is 19.3 Å². The van der Waals surface area contributed by atoms with E-state index in [1.807, 2.05) is 30.3 Å². The molecule has 0 unspecified atom stereocenters. The van der Waals surface area contributed by atoms with E-state index in [0.29, 0.717) is 0 Å². The van der Waals surface area contributed by atoms with Crippen molar-refractivity contribution in [2.75, 3.05) is 24.4 Å². The van der Waals surface area contributed by atoms with Crippen LogP contribution in [0.1, 0.15) is 11.1 Å². The fourth-order valence-corrected chi connectivity index (χ4v) is 3.06. The summed E-state index contributed by atoms with van der Waals surface area (Å²) in [4.78, 5) is 41.5. The number of carbonyl (C=O) groups is 1. The number of benzene rings is 1. The number of nitrogens with one attached hydrogen (secondary N) is 1. The van der Waals surface area contributed by atoms with Crippen molar-refractivity contribution < 1.29 is 9.53 Å². The number of methoxy groups -OCH3 is 1. The number of rotatable bonds is 8. The number of aromatic amines is 1. The van der Waals surface area contributed by atoms with Crippen LogP contribution in [0.25, 0.3) is 6.08 Å². The molecule has 3 N–H and O–H groups in total. The smallest absolute Gasteiger partial charge is 0.330 e. The van der Waals surface area contributed by atoms with Crippen LogP contribution in [-0.2, 0) is 29.7 Å². The SMILES string of the molecule is COCCn1c(N)c(N(Cc2ccccc2)C(=O)/C=C/c2cnn(C)c2)c(=O)[nH]c1=O. The number of H-pyrrole nitrogens is 1. The van der Waals surface area contributed by atoms with Crippen molar-refractivity contribution in [3.63, 3.8) is 0 Å². The van der Waals surface area contributed by atoms with Gasteiger partial charge in [-0.2, -0.15) is 5.10 Å². The summed E-state index contributed by atoms with van der Waals surface area (Å²) in [7, 11) is 3.26. The van der Waals surface area contributed by atoms with E-state index in [0.717, 1.165) is 11.1 Å². The third-order valence-corrected chi connectivity index (χ3v) is 4.60. The second-order valence-corrected chi connectivity index (χ2v) is 6.83. The number of amides is 1. The molecule has 0 bridgehead atoms. The molecule has 31 heavy (non-hydrogen) atoms. The zero-order chi connectivity index (χ0) is 22.4. The molecule has 1 aromatic carbocycles. The van der Waals surface area contributed by atoms with Gasteiger partial charge in [0, 0.05) is 32.0 Å². The van der Waals surface area contributed by atoms with Crippen LogP contribution in [0.3, 0.4) is 0 Å². The van der Waals surface area contributed by atoms with Gasteiger partial charge in [-0.3, -0.25) is 28.7 Å². The van der Waals surface area contributed by atoms with E-state index < -0.39 is 17.2 Å². The van der Waals surface area contributed by atoms with Crippen molar-refractivity contribution in [2.45, 2.75) is 13.1 Å². The molecule has 3 aromatic rings. The van der Waals surface area contributed by atoms with Gasteiger partial charge >= 0.3 is 5.69 Å². The molecule has 0 saturated carbocycles. The van der Waals surface area contributed by atoms with Crippen molar-refractivity contribution in [3.8, 4) is 0 Å². The molecule has 1 amide bonds. The zero-order valence-electron chi connectivity index (χ0n) is 17.3. The summed E-state index contributed by atoms with van der Waals surface area (Å²) < 4.78 is 7.80. The summed E-state index contributed by atoms with van der Waals surface area (Å²) in [5.41, 5.74) is 6.20. The third-order valence-electron chi connectivity index (χ3n) is 4.60. The topological polar surface area (TPSA) is 128 Å². The lowest BCUT2D eigenvalue weighted by Crippen LogP contribution is -2.40. The maximum absolute atomic E-state index is 13.1. The number of nitrogens with two attached hydrogens (primary N) is 1. The van der Waals surface area contributed by atoms with Gasteiger partial charge in [-0.05, 0) is 11.6 Å². The van der Waals surface area contributed by atoms with Crippen LogP contribution in [0.5, 0.6) is 0 Å². The highest BCUT2D eigenvalue weighted by atomic mass is 16.5. The lowest BCUT2D eigenvalue weighted by Gasteiger charge is -2.23. The highest BCUT2D eigenvalue weighted by molar-refractivity contribution is 6.05. The molecule has 0 aliphatic heterocycles. The summed E-state index contributed by atoms with van der Waals surface area (Å²) in [5, 5.41) is 4.06. The number of aryl methyl sites for hydroxylation is 1. The predicted molar refractivity (Wildman–Crippen MR) is 117 cm³/mol. The lowest BCUT2D eigenvalue weighted by molar-refractivity contribution is -0.114. The minimum absolute atomic E-state index is 0.0901. The highest BCUT2D eigenvalue weighted by Crippen LogP contribution is 2.20. The van der Waals surface area contributed by atoms with Gasteiger partial charge in [0.15, 0.2) is 5.69 Å². The molecule has 0 aliphatic rings. The van der Waals surface area contributed by atoms with Gasteiger partial charge in [-0.25, -0.2) is 4.79 Å². The van der Waals surface area contributed by atoms with E-state index in [1.165, 1.54) is 22.7 Å². The van der Waals surface area contributed by atoms with Crippen LogP contribution in [-0.4, -0.2) is 39.0 Å². The molecule has 0 spiro atoms. The minimum Gasteiger partial charge on any atom is -0.383 e. The predicted octanol–water partition coefficient (Wildman–Crippen LogP) is 0.745. The van der Waals surface area contributed by atoms with Gasteiger partial charge in [0.1, 0.15) is 5.82 Å². The van der Waals surface area contributed by atoms with Crippen LogP contribution in [0, 0.1) is 0 Å². The Hall–Kier alpha value is -3.92. The number of hydrogen-bond acceptors (Lipinski definition) is 6. The molecule has 2 aromatic heterocycles. The summed E-state index contributed by atoms with van der Waals surface area (Å²) in [6.07, 6.45) is 6.29. The average Bonchev–Trinajstić information content (AvgIpc) is 3.17. The second-order valence-electron chi connectivity index (χ2n) is 6.83. The molecule has 10 nitrogen and oxygen atoms in total. The quantitative estimate of drug-likeness (QED) is 0.514. The van der Waals surface area contributed by atoms with Crippen molar-refractivity contribution in [1.29, 1.82) is 0 Å². The van der Waals surface area contributed by atoms with E-state index in [9.17, 15) is 14.4 Å². The van der Waals surface area contributed by atoms with Gasteiger partial charge in [-0.1, -0.05) is 30.3 Å². The van der Waals surface area contributed by atoms with Gasteiger partial charge in [-0.15, -0.1) is 0 Å². The molecule has 0 aliphatic carbocycles. The van der Waals surface area contributed by atoms with Gasteiger partial charge < -0.3 is 10.5 Å². The van der Waals surface area contributed by atoms with E-state index in [4.69, 9.17) is 10.5 Å². The lowest BCUT2D eigenvalue weighted by atomic mass is 10.2. The van der Waals surface area contributed by atoms with Gasteiger partial charge in [0.25, 0.3) is 11.5 Å². The second kappa shape index (κ2) is 9.72. The summed E-state index contributed by atoms with van der Waals surface area (Å²) >= 11 is 0. The molecule has 0 atom stereocenters. The van der Waals surface area contributed by atoms with Gasteiger partial charge in [0.2, 0.25) is 0 Å². The molecule has 0 fully saturated rings. The number of aromatic nitrogens is 4. The van der Waals surface area contributed by atoms with Crippen LogP contribution in [0.4, 0.5) is 11.5 Å². The first-order chi connectivity index (χ1) is 14.9. The number of nitrogens with zero attached hydrogens (tertiary/aromatic N) is 4. The standard InChI is InChI=1S/C21H24N6O4/c1-25-13-16(12-23-25)8-9-17(28)27(14-15-6-4-3-5-7-15)18-19(22)26(10-11-31-2)21(30)24-20(18)29/h3-9,12-13H,10-11,14,22H2,1-2H3,(H,24,29,30)/b9-8+. The highest BCUT2D eigenvalue weighted by Gasteiger charge is 2.23. The summed E-state index contributed by atoms with van der Waals surface area (Å²) in [6, 6.07) is 9.17. The Balaban J connectivity index is 2.05. The van der Waals surface area contributed by atoms with Crippen LogP contribution in [0.15, 0.2) is 58.4 Å². The van der Waals surface area contributed by atoms with E-state index in [-0.39, 0.29) is 31.2 Å². The van der Waals surface area contributed by atoms with Gasteiger partial charge in [0.05, 0.1) is 25.9 Å². The van der Waals surface area contributed by atoms with Crippen LogP contribution in [0.2, 0.25) is 0 Å². The van der Waals surface area contributed by atoms with Crippen molar-refractivity contribution in [3.05, 3.63) is 80.8 Å². The molecular formula is C21H24N6O4. The Morgan fingerprint density at radius 1 is 1.29 bits per heavy atom. The molecular weight excluding hydrogens is 400 g/mol. The van der Waals surface area contributed by atoms with E-state index in [1.54, 1.807) is 30.2 Å². The number of nitrogen functional groups attached to an aromatic ring is 1. The fraction of sp³-hybridized carbons (Fsp3) is 0.238. The number of anilines is 2. The van der Waals surface area contributed by atoms with Crippen molar-refractivity contribution in [2.24, 2.45) is 7.05 Å². The molecule has 0 radical (unpaired) electrons. The number of ether oxygens (including phenoxy) is 1. The Labute approximate surface area is 178 Å². The average molecular weight is 424 g/mol. The largest absolute Gasteiger partial charge is 0.383 e. The Morgan fingerprint density at radius 2 is 2.03 bits per heavy atom. The maximum atomic E-state index is 13.1. The first kappa shape index (κ1) is 21.8. The minimum atomic E-state index is -0.741. The summed E-state index contributed by atoms with van der Waals surface area (Å²) in [5.74, 6) is -0.577. The van der Waals surface area contributed by atoms with E-state index in [2.05, 4.69) is 10.1 Å². The molecule has 0 saturated heterocycles. The maximum Gasteiger partial charge on any atom is 0.330 e. The van der Waals surface area contributed by atoms with Crippen LogP contribution < -0.4 is 21.9 Å². The normalized spacial score (nSPS) is 11.2. The number of carbonyl (C=O) groups excluding carboxylic acids is 1. The monoisotopic (exact) mass is 424 g/mol. The zero-order valence-corrected chi connectivity index (χ0v) is 17.3. The molecule has 3 rings (SSSR count). The summed E-state index contributed by atoms with van der Waals surface area (Å²) in [6.45, 7) is 0.430. The third kappa shape index (κ3) is 5.17. The Morgan fingerprint density at radius 3 is 2.68 bits per heavy atom. The fourth-order valence-electron chi connectivity index (χ4n) is 3.06. The van der Waals surface area contributed by atoms with Crippen molar-refractivity contribution >= 4 is 23.5 Å². The Bertz CT molecular complexity index is 1190. The first-order valence-corrected chi connectivity index (χ1v) is 9.54. The molecule has 162 valence electrons. The van der Waals surface area contributed by atoms with Crippen LogP contribution >= 0.6 is 0 Å².